The maximum absolute atomic E-state index is 13.6. The number of ether oxygens (including phenoxy) is 2. The lowest BCUT2D eigenvalue weighted by molar-refractivity contribution is -0.131. The normalized spacial score (nSPS) is 19.2. The zero-order chi connectivity index (χ0) is 29.2. The van der Waals surface area contributed by atoms with Crippen LogP contribution in [0.5, 0.6) is 5.75 Å². The number of amides is 3. The first-order valence-electron chi connectivity index (χ1n) is 13.6. The maximum atomic E-state index is 13.6. The second kappa shape index (κ2) is 14.6. The molecule has 2 atom stereocenters. The molecule has 1 saturated heterocycles. The number of nitrogens with one attached hydrogen (secondary N) is 1. The van der Waals surface area contributed by atoms with E-state index in [2.05, 4.69) is 5.32 Å². The van der Waals surface area contributed by atoms with E-state index < -0.39 is 0 Å². The average Bonchev–Trinajstić information content (AvgIpc) is 3.62. The van der Waals surface area contributed by atoms with Crippen molar-refractivity contribution in [1.82, 2.24) is 15.1 Å². The summed E-state index contributed by atoms with van der Waals surface area (Å²) in [5, 5.41) is 12.8. The number of hydrogen-bond donors (Lipinski definition) is 2. The van der Waals surface area contributed by atoms with Crippen LogP contribution in [0, 0.1) is 5.92 Å². The van der Waals surface area contributed by atoms with Crippen molar-refractivity contribution < 1.29 is 33.8 Å². The van der Waals surface area contributed by atoms with Crippen LogP contribution in [0.4, 0.5) is 0 Å². The van der Waals surface area contributed by atoms with Gasteiger partial charge in [0.15, 0.2) is 0 Å². The Morgan fingerprint density at radius 1 is 1.12 bits per heavy atom. The molecule has 0 spiro atoms. The fraction of sp³-hybridized carbons (Fsp3) is 0.400. The molecular weight excluding hydrogens is 546 g/mol. The van der Waals surface area contributed by atoms with Crippen molar-refractivity contribution in [3.05, 3.63) is 65.0 Å². The molecule has 10 nitrogen and oxygen atoms in total. The van der Waals surface area contributed by atoms with Crippen LogP contribution in [-0.2, 0) is 19.1 Å². The number of benzene rings is 2. The molecule has 2 aliphatic heterocycles. The van der Waals surface area contributed by atoms with Crippen molar-refractivity contribution in [3.63, 3.8) is 0 Å². The van der Waals surface area contributed by atoms with E-state index in [-0.39, 0.29) is 42.5 Å². The molecule has 1 fully saturated rings. The van der Waals surface area contributed by atoms with E-state index in [1.54, 1.807) is 28.2 Å². The summed E-state index contributed by atoms with van der Waals surface area (Å²) < 4.78 is 12.2. The summed E-state index contributed by atoms with van der Waals surface area (Å²) in [4.78, 5) is 51.6. The molecule has 11 heteroatoms. The fourth-order valence-corrected chi connectivity index (χ4v) is 6.25. The van der Waals surface area contributed by atoms with Gasteiger partial charge in [-0.1, -0.05) is 30.3 Å². The Morgan fingerprint density at radius 3 is 2.71 bits per heavy atom. The van der Waals surface area contributed by atoms with Gasteiger partial charge < -0.3 is 29.7 Å². The predicted molar refractivity (Wildman–Crippen MR) is 155 cm³/mol. The number of carbonyl (C=O) groups is 4. The topological polar surface area (TPSA) is 125 Å². The Hall–Kier alpha value is -3.96. The highest BCUT2D eigenvalue weighted by atomic mass is 32.1. The second-order valence-corrected chi connectivity index (χ2v) is 10.8. The van der Waals surface area contributed by atoms with Crippen LogP contribution in [0.2, 0.25) is 0 Å². The molecule has 3 amide bonds. The zero-order valence-electron chi connectivity index (χ0n) is 23.0. The van der Waals surface area contributed by atoms with E-state index in [1.807, 2.05) is 53.9 Å². The van der Waals surface area contributed by atoms with Crippen molar-refractivity contribution in [3.8, 4) is 5.75 Å². The van der Waals surface area contributed by atoms with Crippen molar-refractivity contribution in [2.45, 2.75) is 18.8 Å². The van der Waals surface area contributed by atoms with Crippen molar-refractivity contribution in [2.75, 3.05) is 53.0 Å². The Bertz CT molecular complexity index is 1360. The lowest BCUT2D eigenvalue weighted by Crippen LogP contribution is -2.42. The van der Waals surface area contributed by atoms with Gasteiger partial charge in [0.05, 0.1) is 31.1 Å². The third-order valence-corrected chi connectivity index (χ3v) is 8.30. The van der Waals surface area contributed by atoms with Crippen molar-refractivity contribution in [1.29, 1.82) is 0 Å². The highest BCUT2D eigenvalue weighted by Crippen LogP contribution is 2.35. The van der Waals surface area contributed by atoms with Gasteiger partial charge in [0.2, 0.25) is 11.8 Å². The third-order valence-electron chi connectivity index (χ3n) is 7.34. The molecule has 0 radical (unpaired) electrons. The summed E-state index contributed by atoms with van der Waals surface area (Å²) in [6.45, 7) is 2.66. The monoisotopic (exact) mass is 581 g/mol. The zero-order valence-corrected chi connectivity index (χ0v) is 23.8. The number of carbonyl (C=O) groups excluding carboxylic acids is 3. The summed E-state index contributed by atoms with van der Waals surface area (Å²) >= 11 is 1.56. The maximum Gasteiger partial charge on any atom is 0.290 e. The van der Waals surface area contributed by atoms with Crippen LogP contribution in [0.25, 0.3) is 10.1 Å². The molecule has 2 N–H and O–H groups in total. The van der Waals surface area contributed by atoms with Gasteiger partial charge in [-0.3, -0.25) is 19.2 Å². The van der Waals surface area contributed by atoms with E-state index in [1.165, 1.54) is 0 Å². The Morgan fingerprint density at radius 2 is 1.90 bits per heavy atom. The van der Waals surface area contributed by atoms with Crippen LogP contribution in [-0.4, -0.2) is 92.1 Å². The molecule has 0 aliphatic carbocycles. The summed E-state index contributed by atoms with van der Waals surface area (Å²) in [6, 6.07) is 15.7. The van der Waals surface area contributed by atoms with Gasteiger partial charge >= 0.3 is 0 Å². The standard InChI is InChI=1S/C29H33N3O5S.CH2O2/c1-36-15-10-27(33)32-17-23-20-6-4-7-21(16-20)37-14-5-12-31(13-11-30-28(34)24(23)18-32)29(35)25-19-38-26-9-3-2-8-22(25)26;2-1-3/h2-4,6-9,16,19,23-24H,5,10-15,17-18H2,1H3,(H,30,34);1H,(H,2,3)/t23-,24+;/m1./s1. The Balaban J connectivity index is 0.00000124. The quantitative estimate of drug-likeness (QED) is 0.453. The number of methoxy groups -OCH3 is 1. The van der Waals surface area contributed by atoms with Crippen LogP contribution in [0.15, 0.2) is 53.9 Å². The van der Waals surface area contributed by atoms with Gasteiger partial charge in [0.25, 0.3) is 12.4 Å². The molecule has 3 aromatic rings. The minimum absolute atomic E-state index is 0.0165. The summed E-state index contributed by atoms with van der Waals surface area (Å²) in [5.41, 5.74) is 1.68. The van der Waals surface area contributed by atoms with E-state index in [0.717, 1.165) is 21.4 Å². The number of hydrogen-bond acceptors (Lipinski definition) is 7. The van der Waals surface area contributed by atoms with E-state index in [4.69, 9.17) is 19.4 Å². The molecule has 0 unspecified atom stereocenters. The van der Waals surface area contributed by atoms with Crippen LogP contribution >= 0.6 is 11.3 Å². The predicted octanol–water partition coefficient (Wildman–Crippen LogP) is 3.22. The van der Waals surface area contributed by atoms with Gasteiger partial charge in [-0.05, 0) is 30.2 Å². The molecule has 1 aromatic heterocycles. The van der Waals surface area contributed by atoms with E-state index >= 15 is 0 Å². The SMILES string of the molecule is COCCC(=O)N1C[C@@H]2C(=O)NCCN(C(=O)c3csc4ccccc34)CCCOc3cccc(c3)[C@H]2C1.O=CO. The number of thiophene rings is 1. The van der Waals surface area contributed by atoms with Gasteiger partial charge in [-0.2, -0.15) is 0 Å². The second-order valence-electron chi connectivity index (χ2n) is 9.86. The number of nitrogens with zero attached hydrogens (tertiary/aromatic N) is 2. The minimum atomic E-state index is -0.385. The molecule has 5 rings (SSSR count). The summed E-state index contributed by atoms with van der Waals surface area (Å²) in [7, 11) is 1.57. The Kier molecular flexibility index (Phi) is 10.7. The largest absolute Gasteiger partial charge is 0.494 e. The summed E-state index contributed by atoms with van der Waals surface area (Å²) in [6.07, 6.45) is 0.953. The molecular formula is C30H35N3O7S. The van der Waals surface area contributed by atoms with Crippen LogP contribution in [0.1, 0.15) is 34.7 Å². The highest BCUT2D eigenvalue weighted by Gasteiger charge is 2.40. The molecule has 2 bridgehead atoms. The average molecular weight is 582 g/mol. The van der Waals surface area contributed by atoms with Gasteiger partial charge in [0, 0.05) is 61.2 Å². The first-order valence-corrected chi connectivity index (χ1v) is 14.4. The molecule has 3 heterocycles. The number of carboxylic acid groups (broad SMARTS) is 1. The van der Waals surface area contributed by atoms with Crippen molar-refractivity contribution in [2.24, 2.45) is 5.92 Å². The van der Waals surface area contributed by atoms with Gasteiger partial charge in [-0.15, -0.1) is 11.3 Å². The Labute approximate surface area is 242 Å². The molecule has 2 aromatic carbocycles. The number of likely N-dealkylation sites (tertiary alicyclic amines) is 1. The molecule has 41 heavy (non-hydrogen) atoms. The van der Waals surface area contributed by atoms with Crippen LogP contribution in [0.3, 0.4) is 0 Å². The van der Waals surface area contributed by atoms with Gasteiger partial charge in [-0.25, -0.2) is 0 Å². The number of rotatable bonds is 4. The molecule has 0 saturated carbocycles. The fourth-order valence-electron chi connectivity index (χ4n) is 5.31. The van der Waals surface area contributed by atoms with E-state index in [0.29, 0.717) is 57.9 Å². The molecule has 218 valence electrons. The highest BCUT2D eigenvalue weighted by molar-refractivity contribution is 7.17. The first-order chi connectivity index (χ1) is 20.0. The minimum Gasteiger partial charge on any atom is -0.494 e. The smallest absolute Gasteiger partial charge is 0.290 e. The third kappa shape index (κ3) is 7.42. The van der Waals surface area contributed by atoms with Crippen LogP contribution < -0.4 is 10.1 Å². The molecule has 2 aliphatic rings. The lowest BCUT2D eigenvalue weighted by Gasteiger charge is -2.25. The van der Waals surface area contributed by atoms with Gasteiger partial charge in [0.1, 0.15) is 5.75 Å². The first kappa shape index (κ1) is 30.0. The van der Waals surface area contributed by atoms with Crippen molar-refractivity contribution >= 4 is 45.6 Å². The summed E-state index contributed by atoms with van der Waals surface area (Å²) in [5.74, 6) is 0.0441. The lowest BCUT2D eigenvalue weighted by atomic mass is 9.88. The number of fused-ring (bicyclic) bond motifs is 5. The van der Waals surface area contributed by atoms with E-state index in [9.17, 15) is 14.4 Å².